The molecule has 2 amide bonds. The monoisotopic (exact) mass is 321 g/mol. The predicted octanol–water partition coefficient (Wildman–Crippen LogP) is 3.17. The molecule has 1 heterocycles. The minimum Gasteiger partial charge on any atom is -0.330 e. The summed E-state index contributed by atoms with van der Waals surface area (Å²) in [6, 6.07) is 2.86. The van der Waals surface area contributed by atoms with E-state index in [1.54, 1.807) is 4.90 Å². The molecule has 1 atom stereocenters. The SMILES string of the molecule is NC[C@H]1CCN(C(=O)Nc2ccc(Cl)c(C(F)(F)F)c2)C1. The number of amides is 2. The average molecular weight is 322 g/mol. The van der Waals surface area contributed by atoms with Crippen LogP contribution in [0.4, 0.5) is 23.7 Å². The maximum Gasteiger partial charge on any atom is 0.417 e. The summed E-state index contributed by atoms with van der Waals surface area (Å²) in [4.78, 5) is 13.5. The van der Waals surface area contributed by atoms with E-state index in [1.807, 2.05) is 0 Å². The van der Waals surface area contributed by atoms with Crippen LogP contribution in [0.2, 0.25) is 5.02 Å². The molecule has 0 aliphatic carbocycles. The summed E-state index contributed by atoms with van der Waals surface area (Å²) in [6.45, 7) is 1.55. The molecule has 0 aromatic heterocycles. The third-order valence-corrected chi connectivity index (χ3v) is 3.76. The Hall–Kier alpha value is -1.47. The van der Waals surface area contributed by atoms with E-state index >= 15 is 0 Å². The first-order chi connectivity index (χ1) is 9.81. The number of alkyl halides is 3. The highest BCUT2D eigenvalue weighted by molar-refractivity contribution is 6.31. The summed E-state index contributed by atoms with van der Waals surface area (Å²) in [6.07, 6.45) is -3.76. The highest BCUT2D eigenvalue weighted by Crippen LogP contribution is 2.36. The van der Waals surface area contributed by atoms with E-state index in [0.717, 1.165) is 18.6 Å². The molecule has 21 heavy (non-hydrogen) atoms. The molecule has 1 aromatic carbocycles. The molecular weight excluding hydrogens is 307 g/mol. The third kappa shape index (κ3) is 3.79. The number of hydrogen-bond donors (Lipinski definition) is 2. The Labute approximate surface area is 125 Å². The quantitative estimate of drug-likeness (QED) is 0.879. The summed E-state index contributed by atoms with van der Waals surface area (Å²) >= 11 is 5.53. The van der Waals surface area contributed by atoms with Crippen molar-refractivity contribution in [3.63, 3.8) is 0 Å². The number of urea groups is 1. The number of rotatable bonds is 2. The highest BCUT2D eigenvalue weighted by Gasteiger charge is 2.33. The van der Waals surface area contributed by atoms with Crippen molar-refractivity contribution in [3.05, 3.63) is 28.8 Å². The Morgan fingerprint density at radius 1 is 1.48 bits per heavy atom. The Bertz CT molecular complexity index is 536. The molecule has 4 nitrogen and oxygen atoms in total. The molecule has 1 fully saturated rings. The lowest BCUT2D eigenvalue weighted by Crippen LogP contribution is -2.33. The van der Waals surface area contributed by atoms with Gasteiger partial charge in [-0.3, -0.25) is 0 Å². The van der Waals surface area contributed by atoms with Gasteiger partial charge in [0.2, 0.25) is 0 Å². The van der Waals surface area contributed by atoms with E-state index in [4.69, 9.17) is 17.3 Å². The van der Waals surface area contributed by atoms with E-state index < -0.39 is 22.8 Å². The smallest absolute Gasteiger partial charge is 0.330 e. The molecule has 0 unspecified atom stereocenters. The lowest BCUT2D eigenvalue weighted by Gasteiger charge is -2.18. The number of carbonyl (C=O) groups excluding carboxylic acids is 1. The molecule has 1 aliphatic heterocycles. The number of anilines is 1. The molecule has 0 spiro atoms. The maximum atomic E-state index is 12.7. The minimum atomic E-state index is -4.56. The molecule has 3 N–H and O–H groups in total. The second-order valence-electron chi connectivity index (χ2n) is 4.96. The molecular formula is C13H15ClF3N3O. The van der Waals surface area contributed by atoms with Crippen LogP contribution in [0, 0.1) is 5.92 Å². The summed E-state index contributed by atoms with van der Waals surface area (Å²) in [7, 11) is 0. The van der Waals surface area contributed by atoms with E-state index in [2.05, 4.69) is 5.32 Å². The van der Waals surface area contributed by atoms with E-state index in [0.29, 0.717) is 19.6 Å². The second kappa shape index (κ2) is 6.11. The fourth-order valence-electron chi connectivity index (χ4n) is 2.23. The Kier molecular flexibility index (Phi) is 4.63. The van der Waals surface area contributed by atoms with Gasteiger partial charge in [-0.15, -0.1) is 0 Å². The van der Waals surface area contributed by atoms with Crippen molar-refractivity contribution < 1.29 is 18.0 Å². The third-order valence-electron chi connectivity index (χ3n) is 3.43. The van der Waals surface area contributed by atoms with Crippen molar-refractivity contribution in [2.24, 2.45) is 11.7 Å². The lowest BCUT2D eigenvalue weighted by atomic mass is 10.1. The first-order valence-corrected chi connectivity index (χ1v) is 6.82. The van der Waals surface area contributed by atoms with Crippen molar-refractivity contribution in [2.45, 2.75) is 12.6 Å². The second-order valence-corrected chi connectivity index (χ2v) is 5.37. The van der Waals surface area contributed by atoms with Gasteiger partial charge >= 0.3 is 12.2 Å². The van der Waals surface area contributed by atoms with Gasteiger partial charge in [-0.1, -0.05) is 11.6 Å². The van der Waals surface area contributed by atoms with Crippen LogP contribution in [0.5, 0.6) is 0 Å². The number of likely N-dealkylation sites (tertiary alicyclic amines) is 1. The summed E-state index contributed by atoms with van der Waals surface area (Å²) in [5.41, 5.74) is 4.63. The first kappa shape index (κ1) is 15.9. The normalized spacial score (nSPS) is 18.9. The zero-order valence-electron chi connectivity index (χ0n) is 11.1. The Balaban J connectivity index is 2.08. The molecule has 0 radical (unpaired) electrons. The van der Waals surface area contributed by atoms with Gasteiger partial charge in [-0.2, -0.15) is 13.2 Å². The van der Waals surface area contributed by atoms with Gasteiger partial charge in [-0.05, 0) is 37.1 Å². The molecule has 0 saturated carbocycles. The van der Waals surface area contributed by atoms with E-state index in [9.17, 15) is 18.0 Å². The largest absolute Gasteiger partial charge is 0.417 e. The van der Waals surface area contributed by atoms with Gasteiger partial charge in [-0.25, -0.2) is 4.79 Å². The van der Waals surface area contributed by atoms with Gasteiger partial charge in [0.15, 0.2) is 0 Å². The fourth-order valence-corrected chi connectivity index (χ4v) is 2.46. The number of nitrogens with zero attached hydrogens (tertiary/aromatic N) is 1. The maximum absolute atomic E-state index is 12.7. The van der Waals surface area contributed by atoms with Crippen LogP contribution in [-0.4, -0.2) is 30.6 Å². The van der Waals surface area contributed by atoms with Crippen LogP contribution < -0.4 is 11.1 Å². The molecule has 1 saturated heterocycles. The number of nitrogens with two attached hydrogens (primary N) is 1. The van der Waals surface area contributed by atoms with Crippen molar-refractivity contribution in [1.29, 1.82) is 0 Å². The fraction of sp³-hybridized carbons (Fsp3) is 0.462. The molecule has 0 bridgehead atoms. The van der Waals surface area contributed by atoms with Gasteiger partial charge in [0.1, 0.15) is 0 Å². The van der Waals surface area contributed by atoms with Crippen LogP contribution >= 0.6 is 11.6 Å². The minimum absolute atomic E-state index is 0.0629. The molecule has 2 rings (SSSR count). The predicted molar refractivity (Wildman–Crippen MR) is 74.2 cm³/mol. The number of benzene rings is 1. The highest BCUT2D eigenvalue weighted by atomic mass is 35.5. The van der Waals surface area contributed by atoms with Crippen LogP contribution in [-0.2, 0) is 6.18 Å². The van der Waals surface area contributed by atoms with Crippen LogP contribution in [0.1, 0.15) is 12.0 Å². The average Bonchev–Trinajstić information content (AvgIpc) is 2.88. The van der Waals surface area contributed by atoms with Crippen LogP contribution in [0.25, 0.3) is 0 Å². The summed E-state index contributed by atoms with van der Waals surface area (Å²) < 4.78 is 38.2. The van der Waals surface area contributed by atoms with Crippen molar-refractivity contribution in [2.75, 3.05) is 25.0 Å². The Morgan fingerprint density at radius 2 is 2.19 bits per heavy atom. The number of hydrogen-bond acceptors (Lipinski definition) is 2. The van der Waals surface area contributed by atoms with Gasteiger partial charge in [0.25, 0.3) is 0 Å². The molecule has 8 heteroatoms. The van der Waals surface area contributed by atoms with E-state index in [1.165, 1.54) is 6.07 Å². The lowest BCUT2D eigenvalue weighted by molar-refractivity contribution is -0.137. The van der Waals surface area contributed by atoms with Crippen LogP contribution in [0.15, 0.2) is 18.2 Å². The standard InChI is InChI=1S/C13H15ClF3N3O/c14-11-2-1-9(5-10(11)13(15,16)17)19-12(21)20-4-3-8(6-18)7-20/h1-2,5,8H,3-4,6-7,18H2,(H,19,21)/t8-/m1/s1. The summed E-state index contributed by atoms with van der Waals surface area (Å²) in [5, 5.41) is 2.06. The molecule has 1 aromatic rings. The number of halogens is 4. The summed E-state index contributed by atoms with van der Waals surface area (Å²) in [5.74, 6) is 0.242. The number of carbonyl (C=O) groups is 1. The van der Waals surface area contributed by atoms with E-state index in [-0.39, 0.29) is 11.6 Å². The number of nitrogens with one attached hydrogen (secondary N) is 1. The van der Waals surface area contributed by atoms with Crippen molar-refractivity contribution in [3.8, 4) is 0 Å². The van der Waals surface area contributed by atoms with Crippen LogP contribution in [0.3, 0.4) is 0 Å². The van der Waals surface area contributed by atoms with Gasteiger partial charge < -0.3 is 16.0 Å². The molecule has 116 valence electrons. The zero-order valence-corrected chi connectivity index (χ0v) is 11.8. The van der Waals surface area contributed by atoms with Gasteiger partial charge in [0, 0.05) is 18.8 Å². The van der Waals surface area contributed by atoms with Crippen molar-refractivity contribution in [1.82, 2.24) is 4.90 Å². The molecule has 1 aliphatic rings. The first-order valence-electron chi connectivity index (χ1n) is 6.44. The zero-order chi connectivity index (χ0) is 15.6. The van der Waals surface area contributed by atoms with Crippen molar-refractivity contribution >= 4 is 23.3 Å². The van der Waals surface area contributed by atoms with Gasteiger partial charge in [0.05, 0.1) is 10.6 Å². The Morgan fingerprint density at radius 3 is 2.76 bits per heavy atom. The topological polar surface area (TPSA) is 58.4 Å².